The molecule has 0 saturated heterocycles. The molecule has 8 heteroatoms. The summed E-state index contributed by atoms with van der Waals surface area (Å²) in [5.74, 6) is -0.596. The number of hydrogen-bond donors (Lipinski definition) is 0. The normalized spacial score (nSPS) is 28.9. The molecule has 0 aromatic carbocycles. The molecule has 3 atom stereocenters. The van der Waals surface area contributed by atoms with Crippen molar-refractivity contribution in [3.05, 3.63) is 12.7 Å². The fourth-order valence-corrected chi connectivity index (χ4v) is 7.09. The van der Waals surface area contributed by atoms with Gasteiger partial charge in [0.15, 0.2) is 0 Å². The van der Waals surface area contributed by atoms with E-state index in [1.54, 1.807) is 0 Å². The summed E-state index contributed by atoms with van der Waals surface area (Å²) in [6.45, 7) is 6.68. The van der Waals surface area contributed by atoms with Crippen molar-refractivity contribution in [2.45, 2.75) is 154 Å². The maximum absolute atomic E-state index is 13.0. The molecule has 0 aliphatic heterocycles. The lowest BCUT2D eigenvalue weighted by Crippen LogP contribution is -2.40. The van der Waals surface area contributed by atoms with Crippen molar-refractivity contribution in [3.63, 3.8) is 0 Å². The molecule has 8 nitrogen and oxygen atoms in total. The monoisotopic (exact) mass is 618 g/mol. The predicted molar refractivity (Wildman–Crippen MR) is 169 cm³/mol. The van der Waals surface area contributed by atoms with Crippen molar-refractivity contribution in [1.29, 1.82) is 0 Å². The molecule has 3 fully saturated rings. The summed E-state index contributed by atoms with van der Waals surface area (Å²) in [6, 6.07) is 0. The summed E-state index contributed by atoms with van der Waals surface area (Å²) in [5.41, 5.74) is 0. The van der Waals surface area contributed by atoms with Crippen molar-refractivity contribution in [2.24, 2.45) is 23.7 Å². The van der Waals surface area contributed by atoms with Gasteiger partial charge < -0.3 is 23.7 Å². The first-order valence-electron chi connectivity index (χ1n) is 17.7. The molecule has 0 heterocycles. The highest BCUT2D eigenvalue weighted by Crippen LogP contribution is 2.35. The van der Waals surface area contributed by atoms with Gasteiger partial charge in [-0.15, -0.1) is 0 Å². The molecule has 3 unspecified atom stereocenters. The maximum Gasteiger partial charge on any atom is 0.330 e. The Morgan fingerprint density at radius 3 is 2.00 bits per heavy atom. The Bertz CT molecular complexity index is 871. The van der Waals surface area contributed by atoms with Crippen molar-refractivity contribution < 1.29 is 38.1 Å². The second-order valence-corrected chi connectivity index (χ2v) is 13.3. The average molecular weight is 619 g/mol. The van der Waals surface area contributed by atoms with E-state index in [0.29, 0.717) is 32.5 Å². The van der Waals surface area contributed by atoms with Gasteiger partial charge >= 0.3 is 17.9 Å². The molecule has 250 valence electrons. The Hall–Kier alpha value is -2.22. The van der Waals surface area contributed by atoms with Crippen LogP contribution in [0.3, 0.4) is 0 Å². The number of unbranched alkanes of at least 4 members (excludes halogenated alkanes) is 6. The van der Waals surface area contributed by atoms with Crippen molar-refractivity contribution >= 4 is 24.2 Å². The Balaban J connectivity index is 1.27. The third-order valence-corrected chi connectivity index (χ3v) is 9.97. The molecule has 0 amide bonds. The van der Waals surface area contributed by atoms with Gasteiger partial charge in [0.1, 0.15) is 18.5 Å². The molecule has 3 saturated carbocycles. The first-order valence-corrected chi connectivity index (χ1v) is 17.7. The van der Waals surface area contributed by atoms with Crippen LogP contribution in [0.1, 0.15) is 135 Å². The van der Waals surface area contributed by atoms with Crippen LogP contribution < -0.4 is 0 Å². The Kier molecular flexibility index (Phi) is 17.1. The van der Waals surface area contributed by atoms with Crippen LogP contribution in [0.15, 0.2) is 12.7 Å². The smallest absolute Gasteiger partial charge is 0.330 e. The van der Waals surface area contributed by atoms with Crippen LogP contribution in [-0.2, 0) is 38.1 Å². The van der Waals surface area contributed by atoms with Gasteiger partial charge in [-0.25, -0.2) is 4.79 Å². The van der Waals surface area contributed by atoms with Crippen LogP contribution in [0.5, 0.6) is 0 Å². The molecule has 0 spiro atoms. The molecular formula is C36H58O8. The number of hydrogen-bond acceptors (Lipinski definition) is 8. The van der Waals surface area contributed by atoms with E-state index >= 15 is 0 Å². The third-order valence-electron chi connectivity index (χ3n) is 9.97. The molecule has 3 rings (SSSR count). The number of carbonyl (C=O) groups excluding carboxylic acids is 4. The third kappa shape index (κ3) is 13.0. The standard InChI is InChI=1S/C36H58O8/c1-3-5-6-7-9-12-27-13-15-28(16-14-27)36(40)44-33-22-21-32(25-30(33)26-37)43-35(39)29-17-19-31(20-18-29)41-23-10-8-11-24-42-34(38)4-2/h4,26-33H,2-3,5-25H2,1H3. The lowest BCUT2D eigenvalue weighted by molar-refractivity contribution is -0.169. The van der Waals surface area contributed by atoms with Crippen LogP contribution in [0.4, 0.5) is 0 Å². The molecule has 0 N–H and O–H groups in total. The Morgan fingerprint density at radius 2 is 1.32 bits per heavy atom. The van der Waals surface area contributed by atoms with Gasteiger partial charge in [0.05, 0.1) is 30.5 Å². The Labute approximate surface area is 265 Å². The molecule has 0 bridgehead atoms. The zero-order chi connectivity index (χ0) is 31.6. The summed E-state index contributed by atoms with van der Waals surface area (Å²) in [4.78, 5) is 48.9. The highest BCUT2D eigenvalue weighted by Gasteiger charge is 2.38. The SMILES string of the molecule is C=CC(=O)OCCCCCOC1CCC(C(=O)OC2CCC(OC(=O)C3CCC(CCCCCCC)CC3)C(C=O)C2)CC1. The fraction of sp³-hybridized carbons (Fsp3) is 0.833. The predicted octanol–water partition coefficient (Wildman–Crippen LogP) is 7.45. The number of esters is 3. The molecule has 0 aromatic rings. The number of aldehydes is 1. The van der Waals surface area contributed by atoms with Crippen molar-refractivity contribution in [2.75, 3.05) is 13.2 Å². The van der Waals surface area contributed by atoms with E-state index in [-0.39, 0.29) is 42.0 Å². The molecular weight excluding hydrogens is 560 g/mol. The van der Waals surface area contributed by atoms with Gasteiger partial charge in [-0.1, -0.05) is 52.0 Å². The van der Waals surface area contributed by atoms with Crippen LogP contribution in [-0.4, -0.2) is 55.7 Å². The first-order chi connectivity index (χ1) is 21.4. The van der Waals surface area contributed by atoms with Crippen LogP contribution >= 0.6 is 0 Å². The van der Waals surface area contributed by atoms with Gasteiger partial charge in [0, 0.05) is 12.7 Å². The summed E-state index contributed by atoms with van der Waals surface area (Å²) in [6.07, 6.45) is 20.6. The van der Waals surface area contributed by atoms with E-state index in [0.717, 1.165) is 82.8 Å². The highest BCUT2D eigenvalue weighted by molar-refractivity contribution is 5.81. The van der Waals surface area contributed by atoms with Crippen LogP contribution in [0.25, 0.3) is 0 Å². The first kappa shape index (κ1) is 36.3. The zero-order valence-corrected chi connectivity index (χ0v) is 27.2. The van der Waals surface area contributed by atoms with E-state index in [4.69, 9.17) is 18.9 Å². The summed E-state index contributed by atoms with van der Waals surface area (Å²) in [5, 5.41) is 0. The minimum absolute atomic E-state index is 0.0535. The molecule has 44 heavy (non-hydrogen) atoms. The second-order valence-electron chi connectivity index (χ2n) is 13.3. The van der Waals surface area contributed by atoms with Crippen molar-refractivity contribution in [3.8, 4) is 0 Å². The van der Waals surface area contributed by atoms with Gasteiger partial charge in [-0.05, 0) is 95.8 Å². The minimum atomic E-state index is -0.428. The number of carbonyl (C=O) groups is 4. The summed E-state index contributed by atoms with van der Waals surface area (Å²) >= 11 is 0. The van der Waals surface area contributed by atoms with E-state index < -0.39 is 12.0 Å². The van der Waals surface area contributed by atoms with Crippen molar-refractivity contribution in [1.82, 2.24) is 0 Å². The van der Waals surface area contributed by atoms with Gasteiger partial charge in [-0.2, -0.15) is 0 Å². The highest BCUT2D eigenvalue weighted by atomic mass is 16.6. The van der Waals surface area contributed by atoms with E-state index in [9.17, 15) is 19.2 Å². The quantitative estimate of drug-likeness (QED) is 0.0483. The number of rotatable bonds is 19. The molecule has 0 radical (unpaired) electrons. The zero-order valence-electron chi connectivity index (χ0n) is 27.2. The lowest BCUT2D eigenvalue weighted by atomic mass is 9.79. The lowest BCUT2D eigenvalue weighted by Gasteiger charge is -2.35. The Morgan fingerprint density at radius 1 is 0.705 bits per heavy atom. The molecule has 0 aromatic heterocycles. The summed E-state index contributed by atoms with van der Waals surface area (Å²) < 4.78 is 22.7. The largest absolute Gasteiger partial charge is 0.463 e. The van der Waals surface area contributed by atoms with E-state index in [1.807, 2.05) is 0 Å². The topological polar surface area (TPSA) is 105 Å². The van der Waals surface area contributed by atoms with Gasteiger partial charge in [0.25, 0.3) is 0 Å². The number of ether oxygens (including phenoxy) is 4. The molecule has 3 aliphatic rings. The average Bonchev–Trinajstić information content (AvgIpc) is 3.05. The fourth-order valence-electron chi connectivity index (χ4n) is 7.09. The second kappa shape index (κ2) is 20.7. The summed E-state index contributed by atoms with van der Waals surface area (Å²) in [7, 11) is 0. The minimum Gasteiger partial charge on any atom is -0.463 e. The van der Waals surface area contributed by atoms with E-state index in [2.05, 4.69) is 13.5 Å². The molecule has 3 aliphatic carbocycles. The van der Waals surface area contributed by atoms with Gasteiger partial charge in [-0.3, -0.25) is 9.59 Å². The van der Waals surface area contributed by atoms with Crippen LogP contribution in [0, 0.1) is 23.7 Å². The van der Waals surface area contributed by atoms with Crippen LogP contribution in [0.2, 0.25) is 0 Å². The van der Waals surface area contributed by atoms with Gasteiger partial charge in [0.2, 0.25) is 0 Å². The van der Waals surface area contributed by atoms with E-state index in [1.165, 1.54) is 44.6 Å². The maximum atomic E-state index is 13.0.